The highest BCUT2D eigenvalue weighted by molar-refractivity contribution is 6.30. The Balaban J connectivity index is 2.13. The predicted octanol–water partition coefficient (Wildman–Crippen LogP) is 3.07. The molecule has 106 valence electrons. The van der Waals surface area contributed by atoms with E-state index in [1.807, 2.05) is 6.07 Å². The molecule has 4 heteroatoms. The van der Waals surface area contributed by atoms with Gasteiger partial charge in [0.05, 0.1) is 6.61 Å². The fourth-order valence-corrected chi connectivity index (χ4v) is 2.53. The Bertz CT molecular complexity index is 390. The minimum atomic E-state index is 0.800. The van der Waals surface area contributed by atoms with Gasteiger partial charge in [0.25, 0.3) is 0 Å². The van der Waals surface area contributed by atoms with Crippen LogP contribution in [0.15, 0.2) is 18.2 Å². The second-order valence-corrected chi connectivity index (χ2v) is 5.34. The number of hydrogen-bond donors (Lipinski definition) is 1. The zero-order valence-corrected chi connectivity index (χ0v) is 12.4. The average Bonchev–Trinajstić information content (AvgIpc) is 2.69. The van der Waals surface area contributed by atoms with Crippen LogP contribution in [0.5, 0.6) is 0 Å². The molecule has 0 aromatic heterocycles. The van der Waals surface area contributed by atoms with E-state index in [1.54, 1.807) is 0 Å². The zero-order valence-electron chi connectivity index (χ0n) is 11.6. The van der Waals surface area contributed by atoms with Crippen molar-refractivity contribution >= 4 is 17.3 Å². The maximum atomic E-state index is 6.16. The van der Waals surface area contributed by atoms with Crippen LogP contribution in [-0.2, 0) is 11.3 Å². The standard InChI is InChI=1S/C15H23ClN2O/c1-2-6-17-12-13-4-5-14(16)11-15(13)18-7-3-9-19-10-8-18/h4-5,11,17H,2-3,6-10,12H2,1H3. The molecule has 1 aliphatic rings. The summed E-state index contributed by atoms with van der Waals surface area (Å²) >= 11 is 6.16. The van der Waals surface area contributed by atoms with Crippen LogP contribution < -0.4 is 10.2 Å². The Morgan fingerprint density at radius 3 is 3.05 bits per heavy atom. The number of nitrogens with zero attached hydrogens (tertiary/aromatic N) is 1. The summed E-state index contributed by atoms with van der Waals surface area (Å²) in [5.41, 5.74) is 2.57. The van der Waals surface area contributed by atoms with Gasteiger partial charge in [0, 0.05) is 37.0 Å². The van der Waals surface area contributed by atoms with Crippen molar-refractivity contribution < 1.29 is 4.74 Å². The van der Waals surface area contributed by atoms with Gasteiger partial charge in [-0.25, -0.2) is 0 Å². The van der Waals surface area contributed by atoms with Gasteiger partial charge in [-0.05, 0) is 37.1 Å². The normalized spacial score (nSPS) is 16.4. The molecule has 2 rings (SSSR count). The maximum Gasteiger partial charge on any atom is 0.0641 e. The Morgan fingerprint density at radius 2 is 2.21 bits per heavy atom. The number of rotatable bonds is 5. The lowest BCUT2D eigenvalue weighted by Gasteiger charge is -2.25. The summed E-state index contributed by atoms with van der Waals surface area (Å²) < 4.78 is 5.52. The van der Waals surface area contributed by atoms with Crippen LogP contribution in [0.3, 0.4) is 0 Å². The van der Waals surface area contributed by atoms with Crippen LogP contribution in [0, 0.1) is 0 Å². The summed E-state index contributed by atoms with van der Waals surface area (Å²) in [6, 6.07) is 6.18. The Hall–Kier alpha value is -0.770. The van der Waals surface area contributed by atoms with E-state index in [2.05, 4.69) is 29.3 Å². The van der Waals surface area contributed by atoms with E-state index < -0.39 is 0 Å². The topological polar surface area (TPSA) is 24.5 Å². The third-order valence-electron chi connectivity index (χ3n) is 3.35. The molecule has 1 fully saturated rings. The third kappa shape index (κ3) is 4.37. The summed E-state index contributed by atoms with van der Waals surface area (Å²) in [5, 5.41) is 4.27. The highest BCUT2D eigenvalue weighted by Gasteiger charge is 2.14. The molecule has 1 N–H and O–H groups in total. The average molecular weight is 283 g/mol. The molecule has 1 saturated heterocycles. The minimum Gasteiger partial charge on any atom is -0.380 e. The van der Waals surface area contributed by atoms with E-state index >= 15 is 0 Å². The van der Waals surface area contributed by atoms with E-state index in [4.69, 9.17) is 16.3 Å². The zero-order chi connectivity index (χ0) is 13.5. The van der Waals surface area contributed by atoms with Crippen molar-refractivity contribution in [2.45, 2.75) is 26.3 Å². The van der Waals surface area contributed by atoms with Crippen molar-refractivity contribution in [3.63, 3.8) is 0 Å². The third-order valence-corrected chi connectivity index (χ3v) is 3.59. The molecule has 0 saturated carbocycles. The molecular formula is C15H23ClN2O. The number of anilines is 1. The summed E-state index contributed by atoms with van der Waals surface area (Å²) in [7, 11) is 0. The first-order chi connectivity index (χ1) is 9.31. The molecule has 3 nitrogen and oxygen atoms in total. The van der Waals surface area contributed by atoms with E-state index in [9.17, 15) is 0 Å². The number of ether oxygens (including phenoxy) is 1. The van der Waals surface area contributed by atoms with Gasteiger partial charge in [0.2, 0.25) is 0 Å². The molecule has 0 unspecified atom stereocenters. The van der Waals surface area contributed by atoms with Gasteiger partial charge in [-0.1, -0.05) is 24.6 Å². The van der Waals surface area contributed by atoms with Gasteiger partial charge >= 0.3 is 0 Å². The fraction of sp³-hybridized carbons (Fsp3) is 0.600. The lowest BCUT2D eigenvalue weighted by Crippen LogP contribution is -2.28. The molecule has 1 aliphatic heterocycles. The van der Waals surface area contributed by atoms with Crippen LogP contribution in [-0.4, -0.2) is 32.8 Å². The van der Waals surface area contributed by atoms with Crippen LogP contribution in [0.25, 0.3) is 0 Å². The Morgan fingerprint density at radius 1 is 1.32 bits per heavy atom. The monoisotopic (exact) mass is 282 g/mol. The number of nitrogens with one attached hydrogen (secondary N) is 1. The van der Waals surface area contributed by atoms with Crippen LogP contribution >= 0.6 is 11.6 Å². The quantitative estimate of drug-likeness (QED) is 0.840. The summed E-state index contributed by atoms with van der Waals surface area (Å²) in [5.74, 6) is 0. The van der Waals surface area contributed by atoms with Crippen LogP contribution in [0.2, 0.25) is 5.02 Å². The van der Waals surface area contributed by atoms with E-state index in [0.29, 0.717) is 0 Å². The van der Waals surface area contributed by atoms with E-state index in [0.717, 1.165) is 57.3 Å². The first kappa shape index (κ1) is 14.6. The molecule has 0 atom stereocenters. The molecule has 0 aliphatic carbocycles. The SMILES string of the molecule is CCCNCc1ccc(Cl)cc1N1CCCOCC1. The molecule has 0 bridgehead atoms. The number of hydrogen-bond acceptors (Lipinski definition) is 3. The fourth-order valence-electron chi connectivity index (χ4n) is 2.37. The van der Waals surface area contributed by atoms with Gasteiger partial charge in [-0.3, -0.25) is 0 Å². The minimum absolute atomic E-state index is 0.800. The van der Waals surface area contributed by atoms with Crippen molar-refractivity contribution in [3.05, 3.63) is 28.8 Å². The molecule has 0 spiro atoms. The molecule has 1 heterocycles. The lowest BCUT2D eigenvalue weighted by atomic mass is 10.1. The van der Waals surface area contributed by atoms with Crippen molar-refractivity contribution in [2.24, 2.45) is 0 Å². The molecular weight excluding hydrogens is 260 g/mol. The highest BCUT2D eigenvalue weighted by atomic mass is 35.5. The van der Waals surface area contributed by atoms with E-state index in [1.165, 1.54) is 11.3 Å². The molecule has 19 heavy (non-hydrogen) atoms. The maximum absolute atomic E-state index is 6.16. The lowest BCUT2D eigenvalue weighted by molar-refractivity contribution is 0.152. The predicted molar refractivity (Wildman–Crippen MR) is 81.1 cm³/mol. The van der Waals surface area contributed by atoms with Crippen molar-refractivity contribution in [1.29, 1.82) is 0 Å². The van der Waals surface area contributed by atoms with Crippen molar-refractivity contribution in [2.75, 3.05) is 37.7 Å². The second kappa shape index (κ2) is 7.73. The van der Waals surface area contributed by atoms with Crippen molar-refractivity contribution in [1.82, 2.24) is 5.32 Å². The first-order valence-electron chi connectivity index (χ1n) is 7.13. The second-order valence-electron chi connectivity index (χ2n) is 4.90. The first-order valence-corrected chi connectivity index (χ1v) is 7.51. The van der Waals surface area contributed by atoms with Gasteiger partial charge in [-0.15, -0.1) is 0 Å². The van der Waals surface area contributed by atoms with Crippen molar-refractivity contribution in [3.8, 4) is 0 Å². The van der Waals surface area contributed by atoms with Crippen LogP contribution in [0.4, 0.5) is 5.69 Å². The molecule has 0 radical (unpaired) electrons. The number of benzene rings is 1. The van der Waals surface area contributed by atoms with Gasteiger partial charge in [0.15, 0.2) is 0 Å². The Labute approximate surface area is 120 Å². The van der Waals surface area contributed by atoms with E-state index in [-0.39, 0.29) is 0 Å². The molecule has 1 aromatic carbocycles. The Kier molecular flexibility index (Phi) is 5.95. The largest absolute Gasteiger partial charge is 0.380 e. The van der Waals surface area contributed by atoms with Gasteiger partial charge in [0.1, 0.15) is 0 Å². The highest BCUT2D eigenvalue weighted by Crippen LogP contribution is 2.25. The molecule has 1 aromatic rings. The van der Waals surface area contributed by atoms with Gasteiger partial charge < -0.3 is 15.0 Å². The van der Waals surface area contributed by atoms with Crippen LogP contribution in [0.1, 0.15) is 25.3 Å². The van der Waals surface area contributed by atoms with Gasteiger partial charge in [-0.2, -0.15) is 0 Å². The summed E-state index contributed by atoms with van der Waals surface area (Å²) in [4.78, 5) is 2.39. The number of halogens is 1. The smallest absolute Gasteiger partial charge is 0.0641 e. The molecule has 0 amide bonds. The summed E-state index contributed by atoms with van der Waals surface area (Å²) in [6.45, 7) is 7.78. The summed E-state index contributed by atoms with van der Waals surface area (Å²) in [6.07, 6.45) is 2.23.